The van der Waals surface area contributed by atoms with Crippen LogP contribution in [0.25, 0.3) is 22.3 Å². The van der Waals surface area contributed by atoms with Crippen LogP contribution in [0.15, 0.2) is 127 Å². The van der Waals surface area contributed by atoms with Gasteiger partial charge < -0.3 is 9.47 Å². The molecule has 0 bridgehead atoms. The van der Waals surface area contributed by atoms with Gasteiger partial charge in [0.2, 0.25) is 0 Å². The van der Waals surface area contributed by atoms with E-state index in [1.165, 1.54) is 23.0 Å². The molecule has 5 aromatic rings. The molecule has 5 rings (SSSR count). The van der Waals surface area contributed by atoms with Crippen molar-refractivity contribution in [2.75, 3.05) is 14.2 Å². The quantitative estimate of drug-likeness (QED) is 0.186. The Balaban J connectivity index is 1.78. The third-order valence-electron chi connectivity index (χ3n) is 6.30. The molecular weight excluding hydrogens is 475 g/mol. The Morgan fingerprint density at radius 2 is 1.14 bits per heavy atom. The molecule has 0 saturated heterocycles. The van der Waals surface area contributed by atoms with Gasteiger partial charge in [-0.25, -0.2) is 4.79 Å². The maximum atomic E-state index is 12.5. The summed E-state index contributed by atoms with van der Waals surface area (Å²) in [6.45, 7) is 0. The molecule has 182 valence electrons. The van der Waals surface area contributed by atoms with Gasteiger partial charge in [-0.1, -0.05) is 109 Å². The molecule has 5 aromatic carbocycles. The summed E-state index contributed by atoms with van der Waals surface area (Å²) in [5.74, 6) is 0.378. The number of hydrogen-bond donors (Lipinski definition) is 0. The highest BCUT2D eigenvalue weighted by Gasteiger charge is 2.23. The van der Waals surface area contributed by atoms with Crippen molar-refractivity contribution in [3.05, 3.63) is 133 Å². The number of ether oxygens (including phenoxy) is 2. The van der Waals surface area contributed by atoms with Gasteiger partial charge in [-0.2, -0.15) is 0 Å². The zero-order valence-electron chi connectivity index (χ0n) is 20.8. The third kappa shape index (κ3) is 5.05. The Labute approximate surface area is 219 Å². The Hall–Kier alpha value is -4.20. The van der Waals surface area contributed by atoms with Crippen LogP contribution in [0.3, 0.4) is 0 Å². The first kappa shape index (κ1) is 24.5. The van der Waals surface area contributed by atoms with Crippen LogP contribution in [0.2, 0.25) is 0 Å². The second kappa shape index (κ2) is 11.2. The van der Waals surface area contributed by atoms with Gasteiger partial charge in [-0.15, -0.1) is 0 Å². The first-order chi connectivity index (χ1) is 18.2. The highest BCUT2D eigenvalue weighted by molar-refractivity contribution is 7.80. The van der Waals surface area contributed by atoms with Crippen molar-refractivity contribution in [2.24, 2.45) is 0 Å². The first-order valence-electron chi connectivity index (χ1n) is 12.1. The van der Waals surface area contributed by atoms with Gasteiger partial charge in [0.15, 0.2) is 0 Å². The lowest BCUT2D eigenvalue weighted by atomic mass is 9.92. The van der Waals surface area contributed by atoms with Crippen molar-refractivity contribution in [3.8, 4) is 28.0 Å². The average molecular weight is 503 g/mol. The van der Waals surface area contributed by atoms with E-state index >= 15 is 0 Å². The van der Waals surface area contributed by atoms with E-state index in [1.54, 1.807) is 7.11 Å². The molecule has 0 atom stereocenters. The Bertz CT molecular complexity index is 1470. The summed E-state index contributed by atoms with van der Waals surface area (Å²) < 4.78 is 10.8. The highest BCUT2D eigenvalue weighted by atomic mass is 31.1. The molecule has 0 N–H and O–H groups in total. The van der Waals surface area contributed by atoms with Gasteiger partial charge in [0.05, 0.1) is 19.8 Å². The van der Waals surface area contributed by atoms with Gasteiger partial charge in [-0.05, 0) is 58.7 Å². The Morgan fingerprint density at radius 3 is 1.76 bits per heavy atom. The molecule has 0 aliphatic carbocycles. The molecule has 4 heteroatoms. The van der Waals surface area contributed by atoms with E-state index in [2.05, 4.69) is 84.9 Å². The molecule has 0 spiro atoms. The zero-order valence-corrected chi connectivity index (χ0v) is 21.7. The molecule has 0 aliphatic rings. The lowest BCUT2D eigenvalue weighted by molar-refractivity contribution is 0.0601. The second-order valence-corrected chi connectivity index (χ2v) is 10.7. The lowest BCUT2D eigenvalue weighted by Gasteiger charge is -2.24. The normalized spacial score (nSPS) is 10.8. The fourth-order valence-electron chi connectivity index (χ4n) is 4.59. The lowest BCUT2D eigenvalue weighted by Crippen LogP contribution is -2.22. The van der Waals surface area contributed by atoms with E-state index in [4.69, 9.17) is 9.47 Å². The number of rotatable bonds is 7. The molecule has 0 radical (unpaired) electrons. The van der Waals surface area contributed by atoms with Crippen molar-refractivity contribution in [2.45, 2.75) is 0 Å². The van der Waals surface area contributed by atoms with Crippen molar-refractivity contribution >= 4 is 29.8 Å². The molecule has 0 aliphatic heterocycles. The van der Waals surface area contributed by atoms with Crippen LogP contribution in [-0.4, -0.2) is 20.2 Å². The summed E-state index contributed by atoms with van der Waals surface area (Å²) in [4.78, 5) is 12.5. The van der Waals surface area contributed by atoms with Crippen LogP contribution in [-0.2, 0) is 4.74 Å². The molecule has 0 heterocycles. The molecule has 3 nitrogen and oxygen atoms in total. The van der Waals surface area contributed by atoms with E-state index < -0.39 is 7.92 Å². The number of hydrogen-bond acceptors (Lipinski definition) is 3. The summed E-state index contributed by atoms with van der Waals surface area (Å²) >= 11 is 0. The highest BCUT2D eigenvalue weighted by Crippen LogP contribution is 2.42. The maximum absolute atomic E-state index is 12.5. The van der Waals surface area contributed by atoms with E-state index in [0.29, 0.717) is 5.56 Å². The van der Waals surface area contributed by atoms with Crippen LogP contribution < -0.4 is 20.7 Å². The number of benzene rings is 5. The number of methoxy groups -OCH3 is 2. The standard InChI is InChI=1S/C33H27O3P/c1-35-31-19-11-9-17-28(31)30-23-24(33(34)36-2)21-22-27(30)29-18-10-12-20-32(29)37(25-13-5-3-6-14-25)26-15-7-4-8-16-26/h3-23H,1-2H3. The fraction of sp³-hybridized carbons (Fsp3) is 0.0606. The van der Waals surface area contributed by atoms with E-state index in [9.17, 15) is 4.79 Å². The minimum Gasteiger partial charge on any atom is -0.496 e. The van der Waals surface area contributed by atoms with E-state index in [1.807, 2.05) is 42.5 Å². The van der Waals surface area contributed by atoms with Crippen molar-refractivity contribution in [3.63, 3.8) is 0 Å². The molecule has 0 saturated carbocycles. The van der Waals surface area contributed by atoms with Crippen LogP contribution >= 0.6 is 7.92 Å². The zero-order chi connectivity index (χ0) is 25.6. The minimum absolute atomic E-state index is 0.369. The maximum Gasteiger partial charge on any atom is 0.337 e. The van der Waals surface area contributed by atoms with Crippen LogP contribution in [0.1, 0.15) is 10.4 Å². The van der Waals surface area contributed by atoms with Crippen molar-refractivity contribution in [1.82, 2.24) is 0 Å². The van der Waals surface area contributed by atoms with Gasteiger partial charge in [-0.3, -0.25) is 0 Å². The minimum atomic E-state index is -0.829. The molecule has 37 heavy (non-hydrogen) atoms. The van der Waals surface area contributed by atoms with Gasteiger partial charge in [0.25, 0.3) is 0 Å². The summed E-state index contributed by atoms with van der Waals surface area (Å²) in [7, 11) is 2.24. The average Bonchev–Trinajstić information content (AvgIpc) is 2.98. The first-order valence-corrected chi connectivity index (χ1v) is 13.4. The number of carbonyl (C=O) groups is 1. The smallest absolute Gasteiger partial charge is 0.337 e. The number of para-hydroxylation sites is 1. The van der Waals surface area contributed by atoms with Gasteiger partial charge in [0, 0.05) is 5.56 Å². The van der Waals surface area contributed by atoms with Crippen molar-refractivity contribution < 1.29 is 14.3 Å². The summed E-state index contributed by atoms with van der Waals surface area (Å²) in [6.07, 6.45) is 0. The predicted molar refractivity (Wildman–Crippen MR) is 154 cm³/mol. The Morgan fingerprint density at radius 1 is 0.568 bits per heavy atom. The largest absolute Gasteiger partial charge is 0.496 e. The monoisotopic (exact) mass is 502 g/mol. The molecule has 0 fully saturated rings. The van der Waals surface area contributed by atoms with E-state index in [0.717, 1.165) is 28.0 Å². The molecule has 0 aromatic heterocycles. The molecular formula is C33H27O3P. The van der Waals surface area contributed by atoms with Crippen molar-refractivity contribution in [1.29, 1.82) is 0 Å². The van der Waals surface area contributed by atoms with E-state index in [-0.39, 0.29) is 5.97 Å². The molecule has 0 unspecified atom stereocenters. The van der Waals surface area contributed by atoms with Gasteiger partial charge >= 0.3 is 5.97 Å². The van der Waals surface area contributed by atoms with Crippen LogP contribution in [0.5, 0.6) is 5.75 Å². The number of carbonyl (C=O) groups excluding carboxylic acids is 1. The SMILES string of the molecule is COC(=O)c1ccc(-c2ccccc2P(c2ccccc2)c2ccccc2)c(-c2ccccc2OC)c1. The molecule has 0 amide bonds. The predicted octanol–water partition coefficient (Wildman–Crippen LogP) is 6.57. The summed E-state index contributed by atoms with van der Waals surface area (Å²) in [6, 6.07) is 43.6. The second-order valence-electron chi connectivity index (χ2n) is 8.48. The fourth-order valence-corrected chi connectivity index (χ4v) is 7.06. The van der Waals surface area contributed by atoms with Crippen LogP contribution in [0.4, 0.5) is 0 Å². The summed E-state index contributed by atoms with van der Waals surface area (Å²) in [5, 5.41) is 3.80. The third-order valence-corrected chi connectivity index (χ3v) is 8.80. The van der Waals surface area contributed by atoms with Crippen LogP contribution in [0, 0.1) is 0 Å². The number of esters is 1. The topological polar surface area (TPSA) is 35.5 Å². The van der Waals surface area contributed by atoms with Gasteiger partial charge in [0.1, 0.15) is 5.75 Å². The Kier molecular flexibility index (Phi) is 7.44. The summed E-state index contributed by atoms with van der Waals surface area (Å²) in [5.41, 5.74) is 4.50.